The molecule has 0 saturated heterocycles. The number of hydrogen-bond acceptors (Lipinski definition) is 5. The van der Waals surface area contributed by atoms with Crippen LogP contribution in [0.1, 0.15) is 29.3 Å². The highest BCUT2D eigenvalue weighted by molar-refractivity contribution is 5.97. The highest BCUT2D eigenvalue weighted by atomic mass is 16.5. The van der Waals surface area contributed by atoms with Gasteiger partial charge in [-0.05, 0) is 35.9 Å². The normalized spacial score (nSPS) is 10.1. The quantitative estimate of drug-likeness (QED) is 0.770. The molecule has 26 heavy (non-hydrogen) atoms. The number of rotatable bonds is 7. The van der Waals surface area contributed by atoms with Crippen molar-refractivity contribution in [2.75, 3.05) is 19.0 Å². The van der Waals surface area contributed by atoms with Crippen molar-refractivity contribution in [3.63, 3.8) is 0 Å². The summed E-state index contributed by atoms with van der Waals surface area (Å²) >= 11 is 0. The molecule has 0 unspecified atom stereocenters. The summed E-state index contributed by atoms with van der Waals surface area (Å²) in [5.41, 5.74) is 1.87. The first-order chi connectivity index (χ1) is 12.5. The predicted octanol–water partition coefficient (Wildman–Crippen LogP) is 2.25. The molecule has 0 radical (unpaired) electrons. The van der Waals surface area contributed by atoms with Crippen LogP contribution >= 0.6 is 0 Å². The molecule has 1 N–H and O–H groups in total. The van der Waals surface area contributed by atoms with Crippen molar-refractivity contribution in [2.45, 2.75) is 19.9 Å². The van der Waals surface area contributed by atoms with Gasteiger partial charge < -0.3 is 15.0 Å². The Bertz CT molecular complexity index is 777. The molecule has 1 heterocycles. The topological polar surface area (TPSA) is 88.6 Å². The summed E-state index contributed by atoms with van der Waals surface area (Å²) in [4.78, 5) is 41.2. The number of carbonyl (C=O) groups is 3. The molecule has 0 saturated carbocycles. The van der Waals surface area contributed by atoms with Crippen LogP contribution in [0.3, 0.4) is 0 Å². The fourth-order valence-corrected chi connectivity index (χ4v) is 2.41. The molecule has 2 rings (SSSR count). The van der Waals surface area contributed by atoms with E-state index in [9.17, 15) is 14.4 Å². The first-order valence-corrected chi connectivity index (χ1v) is 8.12. The van der Waals surface area contributed by atoms with Gasteiger partial charge in [-0.25, -0.2) is 0 Å². The van der Waals surface area contributed by atoms with E-state index in [2.05, 4.69) is 15.0 Å². The second kappa shape index (κ2) is 9.31. The highest BCUT2D eigenvalue weighted by Crippen LogP contribution is 2.15. The smallest absolute Gasteiger partial charge is 0.307 e. The average Bonchev–Trinajstić information content (AvgIpc) is 2.64. The lowest BCUT2D eigenvalue weighted by Crippen LogP contribution is -2.32. The number of methoxy groups -OCH3 is 1. The standard InChI is InChI=1S/C19H21N3O4/c1-14(23)21-17-5-3-4-16(12-17)19(25)22(11-8-18(24)26-2)13-15-6-9-20-10-7-15/h3-7,9-10,12H,8,11,13H2,1-2H3,(H,21,23). The summed E-state index contributed by atoms with van der Waals surface area (Å²) < 4.78 is 4.66. The Morgan fingerprint density at radius 3 is 2.54 bits per heavy atom. The molecule has 2 aromatic rings. The minimum atomic E-state index is -0.385. The Labute approximate surface area is 152 Å². The predicted molar refractivity (Wildman–Crippen MR) is 96.4 cm³/mol. The molecule has 0 fully saturated rings. The Hall–Kier alpha value is -3.22. The number of aromatic nitrogens is 1. The minimum absolute atomic E-state index is 0.0959. The van der Waals surface area contributed by atoms with Crippen molar-refractivity contribution in [1.82, 2.24) is 9.88 Å². The number of pyridine rings is 1. The van der Waals surface area contributed by atoms with Crippen LogP contribution in [0.5, 0.6) is 0 Å². The van der Waals surface area contributed by atoms with Crippen LogP contribution in [-0.4, -0.2) is 41.3 Å². The van der Waals surface area contributed by atoms with E-state index in [1.807, 2.05) is 12.1 Å². The maximum Gasteiger partial charge on any atom is 0.307 e. The van der Waals surface area contributed by atoms with Gasteiger partial charge in [0.05, 0.1) is 13.5 Å². The molecule has 2 amide bonds. The first-order valence-electron chi connectivity index (χ1n) is 8.12. The van der Waals surface area contributed by atoms with Gasteiger partial charge in [-0.15, -0.1) is 0 Å². The molecule has 0 spiro atoms. The minimum Gasteiger partial charge on any atom is -0.469 e. The average molecular weight is 355 g/mol. The summed E-state index contributed by atoms with van der Waals surface area (Å²) in [5.74, 6) is -0.837. The second-order valence-corrected chi connectivity index (χ2v) is 5.67. The van der Waals surface area contributed by atoms with Crippen molar-refractivity contribution >= 4 is 23.5 Å². The van der Waals surface area contributed by atoms with E-state index in [-0.39, 0.29) is 30.7 Å². The largest absolute Gasteiger partial charge is 0.469 e. The van der Waals surface area contributed by atoms with Crippen LogP contribution in [0.25, 0.3) is 0 Å². The number of amides is 2. The third-order valence-corrected chi connectivity index (χ3v) is 3.65. The lowest BCUT2D eigenvalue weighted by Gasteiger charge is -2.23. The number of nitrogens with zero attached hydrogens (tertiary/aromatic N) is 2. The van der Waals surface area contributed by atoms with Crippen LogP contribution < -0.4 is 5.32 Å². The maximum atomic E-state index is 12.9. The van der Waals surface area contributed by atoms with Crippen LogP contribution in [0.4, 0.5) is 5.69 Å². The van der Waals surface area contributed by atoms with Gasteiger partial charge >= 0.3 is 5.97 Å². The van der Waals surface area contributed by atoms with Gasteiger partial charge in [0.1, 0.15) is 0 Å². The fourth-order valence-electron chi connectivity index (χ4n) is 2.41. The number of anilines is 1. The zero-order valence-corrected chi connectivity index (χ0v) is 14.8. The van der Waals surface area contributed by atoms with Crippen molar-refractivity contribution in [2.24, 2.45) is 0 Å². The summed E-state index contributed by atoms with van der Waals surface area (Å²) in [6.07, 6.45) is 3.39. The van der Waals surface area contributed by atoms with Crippen molar-refractivity contribution in [1.29, 1.82) is 0 Å². The van der Waals surface area contributed by atoms with E-state index in [1.54, 1.807) is 41.6 Å². The van der Waals surface area contributed by atoms with Crippen LogP contribution in [0.2, 0.25) is 0 Å². The van der Waals surface area contributed by atoms with E-state index in [1.165, 1.54) is 14.0 Å². The third kappa shape index (κ3) is 5.70. The lowest BCUT2D eigenvalue weighted by atomic mass is 10.1. The molecule has 1 aromatic heterocycles. The molecule has 7 nitrogen and oxygen atoms in total. The molecular weight excluding hydrogens is 334 g/mol. The van der Waals surface area contributed by atoms with Crippen molar-refractivity contribution in [3.05, 3.63) is 59.9 Å². The first kappa shape index (κ1) is 19.1. The Morgan fingerprint density at radius 2 is 1.88 bits per heavy atom. The lowest BCUT2D eigenvalue weighted by molar-refractivity contribution is -0.140. The number of hydrogen-bond donors (Lipinski definition) is 1. The molecule has 0 aliphatic heterocycles. The van der Waals surface area contributed by atoms with Crippen molar-refractivity contribution < 1.29 is 19.1 Å². The maximum absolute atomic E-state index is 12.9. The van der Waals surface area contributed by atoms with Gasteiger partial charge in [-0.3, -0.25) is 19.4 Å². The van der Waals surface area contributed by atoms with E-state index in [0.29, 0.717) is 17.8 Å². The number of carbonyl (C=O) groups excluding carboxylic acids is 3. The molecule has 0 bridgehead atoms. The van der Waals surface area contributed by atoms with E-state index in [4.69, 9.17) is 0 Å². The molecule has 1 aromatic carbocycles. The van der Waals surface area contributed by atoms with Crippen LogP contribution in [-0.2, 0) is 20.9 Å². The van der Waals surface area contributed by atoms with Gasteiger partial charge in [0, 0.05) is 43.7 Å². The number of nitrogens with one attached hydrogen (secondary N) is 1. The third-order valence-electron chi connectivity index (χ3n) is 3.65. The number of esters is 1. The van der Waals surface area contributed by atoms with Gasteiger partial charge in [0.2, 0.25) is 5.91 Å². The van der Waals surface area contributed by atoms with Gasteiger partial charge in [-0.2, -0.15) is 0 Å². The summed E-state index contributed by atoms with van der Waals surface area (Å²) in [6.45, 7) is 1.96. The zero-order chi connectivity index (χ0) is 18.9. The zero-order valence-electron chi connectivity index (χ0n) is 14.8. The molecule has 0 aliphatic rings. The van der Waals surface area contributed by atoms with Gasteiger partial charge in [0.15, 0.2) is 0 Å². The molecule has 136 valence electrons. The Morgan fingerprint density at radius 1 is 1.15 bits per heavy atom. The van der Waals surface area contributed by atoms with E-state index >= 15 is 0 Å². The van der Waals surface area contributed by atoms with E-state index < -0.39 is 0 Å². The molecular formula is C19H21N3O4. The van der Waals surface area contributed by atoms with Gasteiger partial charge in [0.25, 0.3) is 5.91 Å². The monoisotopic (exact) mass is 355 g/mol. The fraction of sp³-hybridized carbons (Fsp3) is 0.263. The molecule has 0 atom stereocenters. The number of benzene rings is 1. The Balaban J connectivity index is 2.21. The Kier molecular flexibility index (Phi) is 6.84. The molecule has 7 heteroatoms. The van der Waals surface area contributed by atoms with E-state index in [0.717, 1.165) is 5.56 Å². The second-order valence-electron chi connectivity index (χ2n) is 5.67. The summed E-state index contributed by atoms with van der Waals surface area (Å²) in [5, 5.41) is 2.66. The summed E-state index contributed by atoms with van der Waals surface area (Å²) in [6, 6.07) is 10.3. The van der Waals surface area contributed by atoms with Gasteiger partial charge in [-0.1, -0.05) is 6.07 Å². The number of ether oxygens (including phenoxy) is 1. The van der Waals surface area contributed by atoms with Crippen molar-refractivity contribution in [3.8, 4) is 0 Å². The summed E-state index contributed by atoms with van der Waals surface area (Å²) in [7, 11) is 1.31. The molecule has 0 aliphatic carbocycles. The highest BCUT2D eigenvalue weighted by Gasteiger charge is 2.18. The van der Waals surface area contributed by atoms with Crippen LogP contribution in [0, 0.1) is 0 Å². The SMILES string of the molecule is COC(=O)CCN(Cc1ccncc1)C(=O)c1cccc(NC(C)=O)c1. The van der Waals surface area contributed by atoms with Crippen LogP contribution in [0.15, 0.2) is 48.8 Å².